The monoisotopic (exact) mass is 1650 g/mol. The first-order chi connectivity index (χ1) is 63.9. The molecule has 0 amide bonds. The molecule has 0 atom stereocenters. The van der Waals surface area contributed by atoms with Crippen LogP contribution in [0.25, 0.3) is 244 Å². The molecule has 18 aromatic carbocycles. The predicted octanol–water partition coefficient (Wildman–Crippen LogP) is 32.3. The van der Waals surface area contributed by atoms with Gasteiger partial charge in [-0.2, -0.15) is 0 Å². The van der Waals surface area contributed by atoms with Crippen molar-refractivity contribution in [1.82, 2.24) is 29.9 Å². The van der Waals surface area contributed by atoms with E-state index in [1.54, 1.807) is 0 Å². The minimum atomic E-state index is 0.859. The molecule has 0 aliphatic heterocycles. The molecular weight excluding hydrogens is 1570 g/mol. The zero-order valence-corrected chi connectivity index (χ0v) is 69.8. The van der Waals surface area contributed by atoms with Crippen LogP contribution < -0.4 is 0 Å². The van der Waals surface area contributed by atoms with E-state index in [-0.39, 0.29) is 0 Å². The zero-order valence-electron chi connectivity index (χ0n) is 69.8. The minimum absolute atomic E-state index is 0.859. The third-order valence-corrected chi connectivity index (χ3v) is 24.3. The summed E-state index contributed by atoms with van der Waals surface area (Å²) in [5, 5.41) is 7.86. The largest absolute Gasteiger partial charge is 0.456 e. The summed E-state index contributed by atoms with van der Waals surface area (Å²) in [4.78, 5) is 30.5. The van der Waals surface area contributed by atoms with Gasteiger partial charge in [0, 0.05) is 77.3 Å². The fourth-order valence-electron chi connectivity index (χ4n) is 18.0. The Morgan fingerprint density at radius 3 is 0.891 bits per heavy atom. The number of benzene rings is 18. The van der Waals surface area contributed by atoms with Crippen molar-refractivity contribution in [3.8, 4) is 145 Å². The Kier molecular flexibility index (Phi) is 19.8. The van der Waals surface area contributed by atoms with Gasteiger partial charge in [0.1, 0.15) is 33.5 Å². The van der Waals surface area contributed by atoms with Crippen molar-refractivity contribution >= 4 is 98.8 Å². The summed E-state index contributed by atoms with van der Waals surface area (Å²) in [6.07, 6.45) is 1.84. The van der Waals surface area contributed by atoms with E-state index < -0.39 is 0 Å². The second-order valence-corrected chi connectivity index (χ2v) is 32.2. The summed E-state index contributed by atoms with van der Waals surface area (Å²) in [6, 6.07) is 158. The zero-order chi connectivity index (χ0) is 85.5. The van der Waals surface area contributed by atoms with Gasteiger partial charge in [0.15, 0.2) is 0 Å². The molecule has 0 fully saturated rings. The minimum Gasteiger partial charge on any atom is -0.456 e. The van der Waals surface area contributed by atoms with Crippen molar-refractivity contribution in [3.05, 3.63) is 461 Å². The number of aromatic nitrogens is 6. The fourth-order valence-corrected chi connectivity index (χ4v) is 18.0. The summed E-state index contributed by atoms with van der Waals surface area (Å²) in [6.45, 7) is 0. The molecule has 7 aromatic heterocycles. The van der Waals surface area contributed by atoms with E-state index >= 15 is 0 Å². The normalized spacial score (nSPS) is 11.4. The van der Waals surface area contributed by atoms with Crippen molar-refractivity contribution in [2.45, 2.75) is 0 Å². The first kappa shape index (κ1) is 76.5. The van der Waals surface area contributed by atoms with E-state index in [1.165, 1.54) is 22.3 Å². The Morgan fingerprint density at radius 2 is 0.434 bits per heavy atom. The second kappa shape index (κ2) is 33.3. The van der Waals surface area contributed by atoms with E-state index in [0.29, 0.717) is 0 Å². The molecule has 0 saturated carbocycles. The Balaban J connectivity index is 0.000000111. The van der Waals surface area contributed by atoms with Gasteiger partial charge in [-0.05, 0) is 175 Å². The molecule has 9 heteroatoms. The number of hydrogen-bond donors (Lipinski definition) is 0. The molecule has 604 valence electrons. The van der Waals surface area contributed by atoms with Gasteiger partial charge in [-0.1, -0.05) is 358 Å². The summed E-state index contributed by atoms with van der Waals surface area (Å²) in [5.41, 5.74) is 37.6. The van der Waals surface area contributed by atoms with Crippen LogP contribution in [-0.4, -0.2) is 29.9 Å². The van der Waals surface area contributed by atoms with Gasteiger partial charge in [-0.3, -0.25) is 4.98 Å². The number of pyridine rings is 2. The molecule has 7 heterocycles. The molecule has 0 bridgehead atoms. The van der Waals surface area contributed by atoms with Gasteiger partial charge < -0.3 is 13.3 Å². The van der Waals surface area contributed by atoms with Crippen LogP contribution in [-0.2, 0) is 0 Å². The molecule has 0 N–H and O–H groups in total. The van der Waals surface area contributed by atoms with E-state index in [2.05, 4.69) is 322 Å². The molecule has 129 heavy (non-hydrogen) atoms. The van der Waals surface area contributed by atoms with Gasteiger partial charge in [0.25, 0.3) is 0 Å². The molecule has 25 aromatic rings. The lowest BCUT2D eigenvalue weighted by Crippen LogP contribution is -1.96. The maximum atomic E-state index is 6.17. The van der Waals surface area contributed by atoms with Crippen LogP contribution in [0, 0.1) is 0 Å². The third kappa shape index (κ3) is 14.8. The Morgan fingerprint density at radius 1 is 0.147 bits per heavy atom. The van der Waals surface area contributed by atoms with Crippen LogP contribution in [0.3, 0.4) is 0 Å². The molecular formula is C120H76N6O3. The highest BCUT2D eigenvalue weighted by molar-refractivity contribution is 6.15. The van der Waals surface area contributed by atoms with Crippen molar-refractivity contribution < 1.29 is 13.3 Å². The summed E-state index contributed by atoms with van der Waals surface area (Å²) >= 11 is 0. The topological polar surface area (TPSA) is 117 Å². The van der Waals surface area contributed by atoms with E-state index in [4.69, 9.17) is 43.2 Å². The van der Waals surface area contributed by atoms with E-state index in [0.717, 1.165) is 222 Å². The smallest absolute Gasteiger partial charge is 0.136 e. The van der Waals surface area contributed by atoms with Crippen molar-refractivity contribution in [2.75, 3.05) is 0 Å². The number of nitrogens with zero attached hydrogens (tertiary/aromatic N) is 6. The molecule has 0 saturated heterocycles. The van der Waals surface area contributed by atoms with Gasteiger partial charge in [0.2, 0.25) is 0 Å². The lowest BCUT2D eigenvalue weighted by Gasteiger charge is -2.13. The van der Waals surface area contributed by atoms with Gasteiger partial charge in [-0.15, -0.1) is 0 Å². The van der Waals surface area contributed by atoms with Crippen LogP contribution in [0.2, 0.25) is 0 Å². The molecule has 0 spiro atoms. The molecule has 9 nitrogen and oxygen atoms in total. The highest BCUT2D eigenvalue weighted by atomic mass is 16.3. The first-order valence-corrected chi connectivity index (χ1v) is 43.3. The quantitative estimate of drug-likeness (QED) is 0.111. The number of furan rings is 3. The summed E-state index contributed by atoms with van der Waals surface area (Å²) in [7, 11) is 0. The van der Waals surface area contributed by atoms with Crippen LogP contribution in [0.1, 0.15) is 0 Å². The van der Waals surface area contributed by atoms with Crippen LogP contribution in [0.4, 0.5) is 0 Å². The van der Waals surface area contributed by atoms with Gasteiger partial charge in [0.05, 0.1) is 61.7 Å². The number of hydrogen-bond acceptors (Lipinski definition) is 9. The average molecular weight is 1650 g/mol. The SMILES string of the molecule is c1ccc(-c2cccc(-c3cccc(-c4nc5ccccc5nc4-c4ccc(-c5cccc6oc7ccccc7c56)cc4)c3)c2)cc1.c1ccc(-c2cccc(-c3nc(-c4ccc(-c5cccc6oc7ccccc7c56)cc4)cc4ncccc34)c2)cc1.c1ccc(-c2nc3ccc(-c4ccc(-c5cccc6oc7ccccc7c56)cc4)cc3nc2-c2ccccc2)cc1. The summed E-state index contributed by atoms with van der Waals surface area (Å²) < 4.78 is 18.4. The number of para-hydroxylation sites is 5. The maximum Gasteiger partial charge on any atom is 0.136 e. The molecule has 0 aliphatic rings. The average Bonchev–Trinajstić information content (AvgIpc) is 1.60. The fraction of sp³-hybridized carbons (Fsp3) is 0. The Hall–Kier alpha value is -17.4. The molecule has 25 rings (SSSR count). The maximum absolute atomic E-state index is 6.17. The summed E-state index contributed by atoms with van der Waals surface area (Å²) in [5.74, 6) is 0. The first-order valence-electron chi connectivity index (χ1n) is 43.3. The highest BCUT2D eigenvalue weighted by Crippen LogP contribution is 2.44. The molecule has 0 aliphatic carbocycles. The van der Waals surface area contributed by atoms with Crippen molar-refractivity contribution in [3.63, 3.8) is 0 Å². The highest BCUT2D eigenvalue weighted by Gasteiger charge is 2.22. The Bertz CT molecular complexity index is 8530. The van der Waals surface area contributed by atoms with E-state index in [1.807, 2.05) is 140 Å². The number of fused-ring (bicyclic) bond motifs is 12. The van der Waals surface area contributed by atoms with Crippen molar-refractivity contribution in [1.29, 1.82) is 0 Å². The number of rotatable bonds is 13. The van der Waals surface area contributed by atoms with Gasteiger partial charge in [-0.25, -0.2) is 24.9 Å². The van der Waals surface area contributed by atoms with Gasteiger partial charge >= 0.3 is 0 Å². The van der Waals surface area contributed by atoms with Crippen LogP contribution in [0.5, 0.6) is 0 Å². The molecule has 0 radical (unpaired) electrons. The molecule has 0 unspecified atom stereocenters. The lowest BCUT2D eigenvalue weighted by molar-refractivity contribution is 0.668. The van der Waals surface area contributed by atoms with E-state index in [9.17, 15) is 0 Å². The standard InChI is InChI=1S/C44H28N2O.2C38H24N2O/c1-2-11-29(12-3-1)32-13-8-14-33(27-32)34-15-9-16-35(28-34)44-43(45-38-19-5-6-20-39(38)46-44)31-25-23-30(24-26-31)36-18-10-22-41-42(36)37-17-4-7-21-40(37)47-41;1-3-10-27(11-4-1)37-38(28-12-5-2-6-13-28)40-33-24-29(22-23-32(33)39-37)25-18-20-26(21-19-25)30-15-9-17-35-36(30)31-14-7-8-16-34(31)41-35;1-2-9-25(10-3-1)28-11-6-12-29(23-28)38-31-15-8-22-39-34(31)24-33(40-38)27-20-18-26(19-21-27)30-14-7-17-36-37(30)32-13-4-5-16-35(32)41-36/h1-28H;2*1-24H. The van der Waals surface area contributed by atoms with Crippen LogP contribution >= 0.6 is 0 Å². The van der Waals surface area contributed by atoms with Crippen LogP contribution in [0.15, 0.2) is 474 Å². The Labute approximate surface area is 743 Å². The van der Waals surface area contributed by atoms with Crippen molar-refractivity contribution in [2.24, 2.45) is 0 Å². The second-order valence-electron chi connectivity index (χ2n) is 32.2. The third-order valence-electron chi connectivity index (χ3n) is 24.3. The lowest BCUT2D eigenvalue weighted by atomic mass is 9.95. The predicted molar refractivity (Wildman–Crippen MR) is 531 cm³/mol.